The molecule has 29 heavy (non-hydrogen) atoms. The predicted molar refractivity (Wildman–Crippen MR) is 112 cm³/mol. The van der Waals surface area contributed by atoms with Crippen LogP contribution in [0.15, 0.2) is 23.1 Å². The molecular weight excluding hydrogens is 394 g/mol. The number of esters is 1. The predicted octanol–water partition coefficient (Wildman–Crippen LogP) is 4.11. The van der Waals surface area contributed by atoms with Gasteiger partial charge in [0.25, 0.3) is 11.1 Å². The van der Waals surface area contributed by atoms with Gasteiger partial charge >= 0.3 is 5.97 Å². The number of nitrogens with zero attached hydrogens (tertiary/aromatic N) is 1. The molecule has 0 unspecified atom stereocenters. The van der Waals surface area contributed by atoms with Crippen LogP contribution in [0, 0.1) is 5.92 Å². The molecule has 2 rings (SSSR count). The van der Waals surface area contributed by atoms with Crippen LogP contribution in [0.25, 0.3) is 6.08 Å². The van der Waals surface area contributed by atoms with Crippen molar-refractivity contribution >= 4 is 35.0 Å². The van der Waals surface area contributed by atoms with E-state index in [1.165, 1.54) is 0 Å². The number of hydrogen-bond acceptors (Lipinski definition) is 7. The van der Waals surface area contributed by atoms with E-state index in [-0.39, 0.29) is 30.1 Å². The van der Waals surface area contributed by atoms with Gasteiger partial charge in [-0.2, -0.15) is 0 Å². The Labute approximate surface area is 175 Å². The standard InChI is InChI=1S/C21H27NO6S/c1-6-14(4)28-16-8-7-15(9-17(16)26-5)10-18-20(24)22(21(25)29-18)11-19(23)27-12-13(2)3/h7-10,13-14H,6,11-12H2,1-5H3/b18-10-/t14-/m0/s1. The van der Waals surface area contributed by atoms with Crippen LogP contribution in [0.3, 0.4) is 0 Å². The monoisotopic (exact) mass is 421 g/mol. The minimum absolute atomic E-state index is 0.0432. The normalized spacial score (nSPS) is 16.5. The van der Waals surface area contributed by atoms with Crippen LogP contribution in [0.4, 0.5) is 4.79 Å². The number of thioether (sulfide) groups is 1. The van der Waals surface area contributed by atoms with Gasteiger partial charge in [0.1, 0.15) is 6.54 Å². The zero-order valence-corrected chi connectivity index (χ0v) is 18.2. The molecule has 158 valence electrons. The quantitative estimate of drug-likeness (QED) is 0.438. The van der Waals surface area contributed by atoms with E-state index in [9.17, 15) is 14.4 Å². The molecule has 1 aliphatic rings. The first-order valence-electron chi connectivity index (χ1n) is 9.50. The number of ether oxygens (including phenoxy) is 3. The minimum atomic E-state index is -0.601. The van der Waals surface area contributed by atoms with Crippen molar-refractivity contribution in [3.8, 4) is 11.5 Å². The lowest BCUT2D eigenvalue weighted by Gasteiger charge is -2.15. The molecule has 1 aromatic rings. The van der Waals surface area contributed by atoms with Crippen molar-refractivity contribution in [3.63, 3.8) is 0 Å². The van der Waals surface area contributed by atoms with Crippen LogP contribution in [0.2, 0.25) is 0 Å². The van der Waals surface area contributed by atoms with E-state index < -0.39 is 17.1 Å². The highest BCUT2D eigenvalue weighted by molar-refractivity contribution is 8.18. The number of hydrogen-bond donors (Lipinski definition) is 0. The van der Waals surface area contributed by atoms with Crippen LogP contribution in [-0.4, -0.2) is 48.4 Å². The third-order valence-corrected chi connectivity index (χ3v) is 5.03. The zero-order valence-electron chi connectivity index (χ0n) is 17.4. The van der Waals surface area contributed by atoms with Crippen LogP contribution in [-0.2, 0) is 14.3 Å². The van der Waals surface area contributed by atoms with Gasteiger partial charge in [-0.15, -0.1) is 0 Å². The fourth-order valence-electron chi connectivity index (χ4n) is 2.39. The van der Waals surface area contributed by atoms with Gasteiger partial charge in [-0.25, -0.2) is 0 Å². The molecule has 2 amide bonds. The second kappa shape index (κ2) is 10.3. The molecule has 0 bridgehead atoms. The van der Waals surface area contributed by atoms with E-state index in [2.05, 4.69) is 0 Å². The van der Waals surface area contributed by atoms with E-state index in [0.29, 0.717) is 17.1 Å². The topological polar surface area (TPSA) is 82.1 Å². The number of carbonyl (C=O) groups excluding carboxylic acids is 3. The van der Waals surface area contributed by atoms with Gasteiger partial charge in [-0.1, -0.05) is 26.8 Å². The lowest BCUT2D eigenvalue weighted by molar-refractivity contribution is -0.147. The summed E-state index contributed by atoms with van der Waals surface area (Å²) in [6, 6.07) is 5.29. The maximum atomic E-state index is 12.6. The van der Waals surface area contributed by atoms with Crippen LogP contribution < -0.4 is 9.47 Å². The second-order valence-electron chi connectivity index (χ2n) is 7.09. The molecule has 1 saturated heterocycles. The largest absolute Gasteiger partial charge is 0.493 e. The van der Waals surface area contributed by atoms with Crippen molar-refractivity contribution in [2.24, 2.45) is 5.92 Å². The maximum Gasteiger partial charge on any atom is 0.326 e. The number of benzene rings is 1. The number of methoxy groups -OCH3 is 1. The Hall–Kier alpha value is -2.48. The molecule has 0 radical (unpaired) electrons. The Morgan fingerprint density at radius 2 is 1.93 bits per heavy atom. The molecule has 0 aromatic heterocycles. The summed E-state index contributed by atoms with van der Waals surface area (Å²) in [7, 11) is 1.54. The lowest BCUT2D eigenvalue weighted by atomic mass is 10.1. The average Bonchev–Trinajstić information content (AvgIpc) is 2.94. The Balaban J connectivity index is 2.13. The van der Waals surface area contributed by atoms with Crippen molar-refractivity contribution in [1.29, 1.82) is 0 Å². The first-order valence-corrected chi connectivity index (χ1v) is 10.3. The highest BCUT2D eigenvalue weighted by Gasteiger charge is 2.36. The van der Waals surface area contributed by atoms with Gasteiger partial charge in [0.05, 0.1) is 24.7 Å². The number of carbonyl (C=O) groups is 3. The second-order valence-corrected chi connectivity index (χ2v) is 8.08. The van der Waals surface area contributed by atoms with Crippen LogP contribution in [0.5, 0.6) is 11.5 Å². The molecule has 1 fully saturated rings. The Morgan fingerprint density at radius 3 is 2.55 bits per heavy atom. The van der Waals surface area contributed by atoms with E-state index in [0.717, 1.165) is 23.1 Å². The molecule has 0 aliphatic carbocycles. The van der Waals surface area contributed by atoms with Crippen LogP contribution in [0.1, 0.15) is 39.7 Å². The highest BCUT2D eigenvalue weighted by Crippen LogP contribution is 2.34. The molecule has 1 aliphatic heterocycles. The summed E-state index contributed by atoms with van der Waals surface area (Å²) < 4.78 is 16.3. The molecule has 1 aromatic carbocycles. The van der Waals surface area contributed by atoms with E-state index in [1.54, 1.807) is 31.4 Å². The number of amides is 2. The zero-order chi connectivity index (χ0) is 21.6. The van der Waals surface area contributed by atoms with Gasteiger partial charge in [-0.3, -0.25) is 19.3 Å². The third-order valence-electron chi connectivity index (χ3n) is 4.13. The summed E-state index contributed by atoms with van der Waals surface area (Å²) in [4.78, 5) is 37.7. The van der Waals surface area contributed by atoms with Crippen LogP contribution >= 0.6 is 11.8 Å². The summed E-state index contributed by atoms with van der Waals surface area (Å²) in [5.74, 6) is 0.211. The molecule has 0 saturated carbocycles. The Bertz CT molecular complexity index is 804. The van der Waals surface area contributed by atoms with Gasteiger partial charge in [0, 0.05) is 0 Å². The van der Waals surface area contributed by atoms with Crippen molar-refractivity contribution in [2.75, 3.05) is 20.3 Å². The fraction of sp³-hybridized carbons (Fsp3) is 0.476. The minimum Gasteiger partial charge on any atom is -0.493 e. The van der Waals surface area contributed by atoms with Gasteiger partial charge in [-0.05, 0) is 54.8 Å². The molecule has 7 nitrogen and oxygen atoms in total. The SMILES string of the molecule is CC[C@H](C)Oc1ccc(/C=C2\SC(=O)N(CC(=O)OCC(C)C)C2=O)cc1OC. The number of imide groups is 1. The van der Waals surface area contributed by atoms with Gasteiger partial charge in [0.2, 0.25) is 0 Å². The fourth-order valence-corrected chi connectivity index (χ4v) is 3.23. The first-order chi connectivity index (χ1) is 13.7. The summed E-state index contributed by atoms with van der Waals surface area (Å²) in [6.07, 6.45) is 2.50. The van der Waals surface area contributed by atoms with Gasteiger partial charge in [0.15, 0.2) is 11.5 Å². The highest BCUT2D eigenvalue weighted by atomic mass is 32.2. The molecular formula is C21H27NO6S. The smallest absolute Gasteiger partial charge is 0.326 e. The van der Waals surface area contributed by atoms with Crippen molar-refractivity contribution in [3.05, 3.63) is 28.7 Å². The molecule has 1 atom stereocenters. The average molecular weight is 422 g/mol. The molecule has 1 heterocycles. The molecule has 0 N–H and O–H groups in total. The van der Waals surface area contributed by atoms with E-state index >= 15 is 0 Å². The first kappa shape index (κ1) is 22.8. The van der Waals surface area contributed by atoms with Crippen molar-refractivity contribution in [1.82, 2.24) is 4.90 Å². The van der Waals surface area contributed by atoms with Crippen molar-refractivity contribution in [2.45, 2.75) is 40.2 Å². The van der Waals surface area contributed by atoms with E-state index in [1.807, 2.05) is 27.7 Å². The van der Waals surface area contributed by atoms with Gasteiger partial charge < -0.3 is 14.2 Å². The summed E-state index contributed by atoms with van der Waals surface area (Å²) in [5, 5.41) is -0.494. The third kappa shape index (κ3) is 6.25. The molecule has 8 heteroatoms. The number of rotatable bonds is 9. The molecule has 0 spiro atoms. The van der Waals surface area contributed by atoms with Crippen molar-refractivity contribution < 1.29 is 28.6 Å². The Kier molecular flexibility index (Phi) is 8.13. The summed E-state index contributed by atoms with van der Waals surface area (Å²) in [6.45, 7) is 7.67. The lowest BCUT2D eigenvalue weighted by Crippen LogP contribution is -2.34. The summed E-state index contributed by atoms with van der Waals surface area (Å²) >= 11 is 0.794. The maximum absolute atomic E-state index is 12.6. The summed E-state index contributed by atoms with van der Waals surface area (Å²) in [5.41, 5.74) is 0.686. The Morgan fingerprint density at radius 1 is 1.21 bits per heavy atom. The van der Waals surface area contributed by atoms with E-state index in [4.69, 9.17) is 14.2 Å².